The van der Waals surface area contributed by atoms with E-state index >= 15 is 0 Å². The van der Waals surface area contributed by atoms with E-state index in [2.05, 4.69) is 15.3 Å². The number of nitrogens with zero attached hydrogens (tertiary/aromatic N) is 2. The predicted molar refractivity (Wildman–Crippen MR) is 114 cm³/mol. The van der Waals surface area contributed by atoms with Crippen molar-refractivity contribution >= 4 is 11.9 Å². The van der Waals surface area contributed by atoms with Gasteiger partial charge in [-0.3, -0.25) is 4.79 Å². The highest BCUT2D eigenvalue weighted by Gasteiger charge is 2.31. The van der Waals surface area contributed by atoms with E-state index in [9.17, 15) is 14.0 Å². The Morgan fingerprint density at radius 1 is 1.06 bits per heavy atom. The molecule has 0 radical (unpaired) electrons. The lowest BCUT2D eigenvalue weighted by atomic mass is 10.0. The summed E-state index contributed by atoms with van der Waals surface area (Å²) in [7, 11) is 2.80. The van der Waals surface area contributed by atoms with Crippen LogP contribution in [0.4, 0.5) is 4.39 Å². The number of esters is 1. The Labute approximate surface area is 186 Å². The van der Waals surface area contributed by atoms with Crippen LogP contribution < -0.4 is 19.5 Å². The number of nitrogens with one attached hydrogen (secondary N) is 1. The zero-order valence-corrected chi connectivity index (χ0v) is 19.2. The molecule has 1 amide bonds. The van der Waals surface area contributed by atoms with Crippen molar-refractivity contribution in [2.75, 3.05) is 14.2 Å². The van der Waals surface area contributed by atoms with Crippen molar-refractivity contribution in [2.45, 2.75) is 46.3 Å². The number of carbonyl (C=O) groups is 2. The third kappa shape index (κ3) is 6.53. The lowest BCUT2D eigenvalue weighted by molar-refractivity contribution is -0.158. The first-order valence-electron chi connectivity index (χ1n) is 9.92. The van der Waals surface area contributed by atoms with Crippen LogP contribution in [-0.2, 0) is 9.53 Å². The minimum absolute atomic E-state index is 0.149. The Morgan fingerprint density at radius 3 is 2.16 bits per heavy atom. The summed E-state index contributed by atoms with van der Waals surface area (Å²) < 4.78 is 35.8. The molecule has 1 N–H and O–H groups in total. The highest BCUT2D eigenvalue weighted by molar-refractivity contribution is 5.99. The molecule has 1 unspecified atom stereocenters. The number of carbonyl (C=O) groups excluding carboxylic acids is 2. The first-order valence-corrected chi connectivity index (χ1v) is 9.92. The van der Waals surface area contributed by atoms with Crippen molar-refractivity contribution in [2.24, 2.45) is 5.92 Å². The number of benzene rings is 1. The summed E-state index contributed by atoms with van der Waals surface area (Å²) in [6, 6.07) is 4.07. The molecule has 32 heavy (non-hydrogen) atoms. The van der Waals surface area contributed by atoms with E-state index in [1.54, 1.807) is 34.6 Å². The van der Waals surface area contributed by atoms with Crippen molar-refractivity contribution < 1.29 is 32.9 Å². The minimum Gasteiger partial charge on any atom is -0.481 e. The van der Waals surface area contributed by atoms with Crippen molar-refractivity contribution in [3.63, 3.8) is 0 Å². The molecule has 9 nitrogen and oxygen atoms in total. The van der Waals surface area contributed by atoms with Crippen LogP contribution in [0.25, 0.3) is 0 Å². The van der Waals surface area contributed by atoms with Crippen molar-refractivity contribution in [1.29, 1.82) is 0 Å². The van der Waals surface area contributed by atoms with Crippen LogP contribution in [0.1, 0.15) is 45.0 Å². The molecule has 0 aliphatic rings. The van der Waals surface area contributed by atoms with Gasteiger partial charge in [-0.05, 0) is 38.8 Å². The molecule has 0 saturated heterocycles. The fourth-order valence-electron chi connectivity index (χ4n) is 2.62. The standard InChI is InChI=1S/C22H28FN3O6/c1-12(2)18(20(28)32-22(3,4)5)26-19(27)17-13(23)9-8-10-14(17)31-21-24-15(29-6)11-16(25-21)30-7/h8-12,18H,1-7H3,(H,26,27). The Kier molecular flexibility index (Phi) is 7.96. The molecular weight excluding hydrogens is 421 g/mol. The molecule has 0 aliphatic heterocycles. The van der Waals surface area contributed by atoms with Gasteiger partial charge in [0, 0.05) is 0 Å². The second-order valence-electron chi connectivity index (χ2n) is 8.18. The third-order valence-corrected chi connectivity index (χ3v) is 4.09. The van der Waals surface area contributed by atoms with Gasteiger partial charge in [-0.15, -0.1) is 0 Å². The monoisotopic (exact) mass is 449 g/mol. The van der Waals surface area contributed by atoms with Crippen LogP contribution in [0.15, 0.2) is 24.3 Å². The van der Waals surface area contributed by atoms with Crippen LogP contribution in [0.5, 0.6) is 23.5 Å². The molecule has 0 bridgehead atoms. The van der Waals surface area contributed by atoms with Crippen LogP contribution in [-0.4, -0.2) is 47.7 Å². The zero-order valence-electron chi connectivity index (χ0n) is 19.2. The maximum atomic E-state index is 14.7. The molecule has 1 aromatic carbocycles. The van der Waals surface area contributed by atoms with E-state index < -0.39 is 34.9 Å². The number of rotatable bonds is 8. The average Bonchev–Trinajstić information content (AvgIpc) is 2.70. The number of halogens is 1. The Morgan fingerprint density at radius 2 is 1.66 bits per heavy atom. The molecule has 2 aromatic rings. The molecule has 0 saturated carbocycles. The molecule has 1 aromatic heterocycles. The quantitative estimate of drug-likeness (QED) is 0.610. The van der Waals surface area contributed by atoms with E-state index in [0.29, 0.717) is 0 Å². The van der Waals surface area contributed by atoms with E-state index in [-0.39, 0.29) is 29.4 Å². The molecular formula is C22H28FN3O6. The highest BCUT2D eigenvalue weighted by Crippen LogP contribution is 2.28. The summed E-state index contributed by atoms with van der Waals surface area (Å²) in [5.74, 6) is -2.47. The van der Waals surface area contributed by atoms with Crippen LogP contribution in [0.2, 0.25) is 0 Å². The van der Waals surface area contributed by atoms with Crippen LogP contribution in [0, 0.1) is 11.7 Å². The Bertz CT molecular complexity index is 952. The Hall–Kier alpha value is -3.43. The second kappa shape index (κ2) is 10.3. The van der Waals surface area contributed by atoms with E-state index in [4.69, 9.17) is 18.9 Å². The zero-order chi connectivity index (χ0) is 24.1. The fourth-order valence-corrected chi connectivity index (χ4v) is 2.62. The van der Waals surface area contributed by atoms with E-state index in [1.807, 2.05) is 0 Å². The van der Waals surface area contributed by atoms with Gasteiger partial charge in [0.05, 0.1) is 20.3 Å². The second-order valence-corrected chi connectivity index (χ2v) is 8.18. The maximum absolute atomic E-state index is 14.7. The van der Waals surface area contributed by atoms with Crippen LogP contribution >= 0.6 is 0 Å². The summed E-state index contributed by atoms with van der Waals surface area (Å²) in [5.41, 5.74) is -1.16. The normalized spacial score (nSPS) is 12.2. The SMILES string of the molecule is COc1cc(OC)nc(Oc2cccc(F)c2C(=O)NC(C(=O)OC(C)(C)C)C(C)C)n1. The molecule has 1 atom stereocenters. The fraction of sp³-hybridized carbons (Fsp3) is 0.455. The smallest absolute Gasteiger partial charge is 0.329 e. The van der Waals surface area contributed by atoms with E-state index in [0.717, 1.165) is 6.07 Å². The number of aromatic nitrogens is 2. The van der Waals surface area contributed by atoms with Gasteiger partial charge >= 0.3 is 12.0 Å². The summed E-state index contributed by atoms with van der Waals surface area (Å²) in [4.78, 5) is 33.6. The van der Waals surface area contributed by atoms with Gasteiger partial charge in [0.15, 0.2) is 0 Å². The lowest BCUT2D eigenvalue weighted by Crippen LogP contribution is -2.47. The van der Waals surface area contributed by atoms with Crippen molar-refractivity contribution in [1.82, 2.24) is 15.3 Å². The summed E-state index contributed by atoms with van der Waals surface area (Å²) in [6.45, 7) is 8.63. The molecule has 174 valence electrons. The van der Waals surface area contributed by atoms with Crippen molar-refractivity contribution in [3.05, 3.63) is 35.6 Å². The number of methoxy groups -OCH3 is 2. The van der Waals surface area contributed by atoms with Gasteiger partial charge in [0.25, 0.3) is 5.91 Å². The average molecular weight is 449 g/mol. The summed E-state index contributed by atoms with van der Waals surface area (Å²) >= 11 is 0. The molecule has 0 fully saturated rings. The van der Waals surface area contributed by atoms with Gasteiger partial charge in [-0.1, -0.05) is 19.9 Å². The van der Waals surface area contributed by atoms with Gasteiger partial charge in [0.2, 0.25) is 11.8 Å². The number of amides is 1. The number of hydrogen-bond acceptors (Lipinski definition) is 8. The lowest BCUT2D eigenvalue weighted by Gasteiger charge is -2.26. The summed E-state index contributed by atoms with van der Waals surface area (Å²) in [5, 5.41) is 2.54. The van der Waals surface area contributed by atoms with Gasteiger partial charge in [0.1, 0.15) is 28.8 Å². The molecule has 2 rings (SSSR count). The number of hydrogen-bond donors (Lipinski definition) is 1. The molecule has 0 spiro atoms. The first-order chi connectivity index (χ1) is 14.9. The van der Waals surface area contributed by atoms with Gasteiger partial charge < -0.3 is 24.3 Å². The largest absolute Gasteiger partial charge is 0.481 e. The Balaban J connectivity index is 2.36. The third-order valence-electron chi connectivity index (χ3n) is 4.09. The van der Waals surface area contributed by atoms with Crippen molar-refractivity contribution in [3.8, 4) is 23.5 Å². The topological polar surface area (TPSA) is 109 Å². The predicted octanol–water partition coefficient (Wildman–Crippen LogP) is 3.52. The number of ether oxygens (including phenoxy) is 4. The molecule has 0 aliphatic carbocycles. The maximum Gasteiger partial charge on any atom is 0.329 e. The summed E-state index contributed by atoms with van der Waals surface area (Å²) in [6.07, 6.45) is 0. The van der Waals surface area contributed by atoms with Crippen LogP contribution in [0.3, 0.4) is 0 Å². The van der Waals surface area contributed by atoms with Gasteiger partial charge in [-0.25, -0.2) is 9.18 Å². The van der Waals surface area contributed by atoms with E-state index in [1.165, 1.54) is 32.4 Å². The molecule has 1 heterocycles. The first kappa shape index (κ1) is 24.8. The minimum atomic E-state index is -0.998. The molecule has 10 heteroatoms. The van der Waals surface area contributed by atoms with Gasteiger partial charge in [-0.2, -0.15) is 9.97 Å². The highest BCUT2D eigenvalue weighted by atomic mass is 19.1.